The van der Waals surface area contributed by atoms with Crippen LogP contribution in [0.1, 0.15) is 24.0 Å². The average molecular weight is 337 g/mol. The van der Waals surface area contributed by atoms with E-state index in [1.807, 2.05) is 26.0 Å². The molecule has 1 saturated carbocycles. The highest BCUT2D eigenvalue weighted by Crippen LogP contribution is 2.23. The molecule has 1 aromatic rings. The van der Waals surface area contributed by atoms with Gasteiger partial charge in [0.1, 0.15) is 0 Å². The van der Waals surface area contributed by atoms with E-state index < -0.39 is 10.0 Å². The first-order valence-corrected chi connectivity index (χ1v) is 9.45. The van der Waals surface area contributed by atoms with Crippen LogP contribution in [-0.2, 0) is 10.0 Å². The maximum atomic E-state index is 12.8. The Labute approximate surface area is 137 Å². The van der Waals surface area contributed by atoms with Crippen LogP contribution in [0.5, 0.6) is 0 Å². The molecule has 1 aliphatic heterocycles. The molecule has 0 aromatic heterocycles. The minimum Gasteiger partial charge on any atom is -0.335 e. The van der Waals surface area contributed by atoms with E-state index in [-0.39, 0.29) is 6.03 Å². The van der Waals surface area contributed by atoms with Crippen LogP contribution in [0.4, 0.5) is 4.79 Å². The fourth-order valence-corrected chi connectivity index (χ4v) is 4.48. The number of hydrogen-bond acceptors (Lipinski definition) is 3. The number of nitrogens with zero attached hydrogens (tertiary/aromatic N) is 2. The van der Waals surface area contributed by atoms with Gasteiger partial charge in [0, 0.05) is 32.2 Å². The summed E-state index contributed by atoms with van der Waals surface area (Å²) >= 11 is 0. The van der Waals surface area contributed by atoms with Crippen molar-refractivity contribution < 1.29 is 13.2 Å². The molecule has 2 fully saturated rings. The summed E-state index contributed by atoms with van der Waals surface area (Å²) in [6.45, 7) is 5.25. The average Bonchev–Trinajstić information content (AvgIpc) is 3.33. The van der Waals surface area contributed by atoms with E-state index in [9.17, 15) is 13.2 Å². The monoisotopic (exact) mass is 337 g/mol. The summed E-state index contributed by atoms with van der Waals surface area (Å²) in [5.74, 6) is 0. The summed E-state index contributed by atoms with van der Waals surface area (Å²) < 4.78 is 27.1. The highest BCUT2D eigenvalue weighted by atomic mass is 32.2. The van der Waals surface area contributed by atoms with Crippen molar-refractivity contribution in [1.82, 2.24) is 14.5 Å². The number of amides is 2. The Bertz CT molecular complexity index is 705. The van der Waals surface area contributed by atoms with Gasteiger partial charge in [0.15, 0.2) is 0 Å². The molecule has 23 heavy (non-hydrogen) atoms. The summed E-state index contributed by atoms with van der Waals surface area (Å²) in [4.78, 5) is 14.1. The minimum atomic E-state index is -3.50. The maximum absolute atomic E-state index is 12.8. The smallest absolute Gasteiger partial charge is 0.317 e. The number of sulfonamides is 1. The predicted molar refractivity (Wildman–Crippen MR) is 87.8 cm³/mol. The Kier molecular flexibility index (Phi) is 4.33. The number of carbonyl (C=O) groups is 1. The van der Waals surface area contributed by atoms with Crippen molar-refractivity contribution in [3.8, 4) is 0 Å². The molecule has 1 heterocycles. The van der Waals surface area contributed by atoms with Crippen molar-refractivity contribution in [3.05, 3.63) is 29.3 Å². The van der Waals surface area contributed by atoms with E-state index in [1.165, 1.54) is 4.31 Å². The van der Waals surface area contributed by atoms with E-state index in [2.05, 4.69) is 5.32 Å². The Morgan fingerprint density at radius 3 is 2.39 bits per heavy atom. The fraction of sp³-hybridized carbons (Fsp3) is 0.562. The van der Waals surface area contributed by atoms with Crippen molar-refractivity contribution in [2.24, 2.45) is 0 Å². The van der Waals surface area contributed by atoms with Gasteiger partial charge in [-0.2, -0.15) is 4.31 Å². The molecule has 0 bridgehead atoms. The van der Waals surface area contributed by atoms with Crippen LogP contribution < -0.4 is 5.32 Å². The molecule has 2 amide bonds. The van der Waals surface area contributed by atoms with E-state index in [0.717, 1.165) is 24.0 Å². The number of urea groups is 1. The number of aryl methyl sites for hydroxylation is 2. The van der Waals surface area contributed by atoms with Crippen molar-refractivity contribution in [1.29, 1.82) is 0 Å². The van der Waals surface area contributed by atoms with Crippen LogP contribution in [0.2, 0.25) is 0 Å². The second kappa shape index (κ2) is 6.13. The Balaban J connectivity index is 1.68. The number of nitrogens with one attached hydrogen (secondary N) is 1. The van der Waals surface area contributed by atoms with Gasteiger partial charge in [-0.15, -0.1) is 0 Å². The first kappa shape index (κ1) is 16.3. The maximum Gasteiger partial charge on any atom is 0.317 e. The second-order valence-corrected chi connectivity index (χ2v) is 8.29. The molecule has 1 N–H and O–H groups in total. The Morgan fingerprint density at radius 1 is 1.13 bits per heavy atom. The van der Waals surface area contributed by atoms with Crippen LogP contribution in [0.25, 0.3) is 0 Å². The Morgan fingerprint density at radius 2 is 1.78 bits per heavy atom. The highest BCUT2D eigenvalue weighted by Gasteiger charge is 2.32. The molecule has 126 valence electrons. The third-order valence-electron chi connectivity index (χ3n) is 4.39. The number of hydrogen-bond donors (Lipinski definition) is 1. The van der Waals surface area contributed by atoms with Gasteiger partial charge in [-0.1, -0.05) is 12.1 Å². The fourth-order valence-electron chi connectivity index (χ4n) is 2.75. The molecule has 0 spiro atoms. The number of benzene rings is 1. The number of carbonyl (C=O) groups excluding carboxylic acids is 1. The molecular formula is C16H23N3O3S. The molecule has 2 aliphatic rings. The van der Waals surface area contributed by atoms with E-state index >= 15 is 0 Å². The summed E-state index contributed by atoms with van der Waals surface area (Å²) in [7, 11) is -3.50. The summed E-state index contributed by atoms with van der Waals surface area (Å²) in [6, 6.07) is 5.71. The molecular weight excluding hydrogens is 314 g/mol. The molecule has 1 saturated heterocycles. The standard InChI is InChI=1S/C16H23N3O3S/c1-12-3-4-13(2)15(11-12)23(21,22)19-9-7-18(8-10-19)16(20)17-14-5-6-14/h3-4,11,14H,5-10H2,1-2H3,(H,17,20). The van der Waals surface area contributed by atoms with Gasteiger partial charge >= 0.3 is 6.03 Å². The zero-order chi connectivity index (χ0) is 16.6. The van der Waals surface area contributed by atoms with Crippen LogP contribution in [0, 0.1) is 13.8 Å². The van der Waals surface area contributed by atoms with Crippen molar-refractivity contribution >= 4 is 16.1 Å². The molecule has 0 atom stereocenters. The molecule has 0 radical (unpaired) electrons. The highest BCUT2D eigenvalue weighted by molar-refractivity contribution is 7.89. The third-order valence-corrected chi connectivity index (χ3v) is 6.43. The van der Waals surface area contributed by atoms with Gasteiger partial charge in [-0.05, 0) is 43.9 Å². The minimum absolute atomic E-state index is 0.0729. The lowest BCUT2D eigenvalue weighted by Crippen LogP contribution is -2.53. The largest absolute Gasteiger partial charge is 0.335 e. The lowest BCUT2D eigenvalue weighted by Gasteiger charge is -2.34. The van der Waals surface area contributed by atoms with Crippen LogP contribution in [0.3, 0.4) is 0 Å². The van der Waals surface area contributed by atoms with Gasteiger partial charge in [-0.3, -0.25) is 0 Å². The van der Waals surface area contributed by atoms with Gasteiger partial charge in [0.2, 0.25) is 10.0 Å². The van der Waals surface area contributed by atoms with Crippen LogP contribution >= 0.6 is 0 Å². The quantitative estimate of drug-likeness (QED) is 0.908. The molecule has 1 aliphatic carbocycles. The molecule has 6 nitrogen and oxygen atoms in total. The zero-order valence-electron chi connectivity index (χ0n) is 13.6. The topological polar surface area (TPSA) is 69.7 Å². The van der Waals surface area contributed by atoms with Crippen LogP contribution in [0.15, 0.2) is 23.1 Å². The van der Waals surface area contributed by atoms with Crippen LogP contribution in [-0.4, -0.2) is 55.9 Å². The van der Waals surface area contributed by atoms with Gasteiger partial charge in [0.05, 0.1) is 4.90 Å². The van der Waals surface area contributed by atoms with Crippen molar-refractivity contribution in [2.45, 2.75) is 37.6 Å². The zero-order valence-corrected chi connectivity index (χ0v) is 14.4. The molecule has 1 aromatic carbocycles. The number of rotatable bonds is 3. The Hall–Kier alpha value is -1.60. The van der Waals surface area contributed by atoms with E-state index in [0.29, 0.717) is 37.1 Å². The molecule has 0 unspecified atom stereocenters. The SMILES string of the molecule is Cc1ccc(C)c(S(=O)(=O)N2CCN(C(=O)NC3CC3)CC2)c1. The normalized spacial score (nSPS) is 19.7. The second-order valence-electron chi connectivity index (χ2n) is 6.38. The lowest BCUT2D eigenvalue weighted by molar-refractivity contribution is 0.172. The predicted octanol–water partition coefficient (Wildman–Crippen LogP) is 1.48. The molecule has 7 heteroatoms. The van der Waals surface area contributed by atoms with Gasteiger partial charge in [-0.25, -0.2) is 13.2 Å². The van der Waals surface area contributed by atoms with Gasteiger partial charge in [0.25, 0.3) is 0 Å². The summed E-state index contributed by atoms with van der Waals surface area (Å²) in [5, 5.41) is 2.94. The van der Waals surface area contributed by atoms with E-state index in [4.69, 9.17) is 0 Å². The third kappa shape index (κ3) is 3.50. The van der Waals surface area contributed by atoms with E-state index in [1.54, 1.807) is 11.0 Å². The molecule has 3 rings (SSSR count). The first-order chi connectivity index (χ1) is 10.9. The van der Waals surface area contributed by atoms with Crippen molar-refractivity contribution in [3.63, 3.8) is 0 Å². The lowest BCUT2D eigenvalue weighted by atomic mass is 10.2. The summed E-state index contributed by atoms with van der Waals surface area (Å²) in [6.07, 6.45) is 2.10. The first-order valence-electron chi connectivity index (χ1n) is 8.01. The van der Waals surface area contributed by atoms with Crippen molar-refractivity contribution in [2.75, 3.05) is 26.2 Å². The van der Waals surface area contributed by atoms with Gasteiger partial charge < -0.3 is 10.2 Å². The summed E-state index contributed by atoms with van der Waals surface area (Å²) in [5.41, 5.74) is 1.68. The number of piperazine rings is 1.